The average molecular weight is 414 g/mol. The molecule has 2 rings (SSSR count). The van der Waals surface area contributed by atoms with Crippen LogP contribution < -0.4 is 5.43 Å². The first kappa shape index (κ1) is 15.5. The number of benzene rings is 2. The molecule has 0 fully saturated rings. The van der Waals surface area contributed by atoms with Gasteiger partial charge in [-0.1, -0.05) is 12.1 Å². The number of carbonyl (C=O) groups is 1. The number of hydrogen-bond donors (Lipinski definition) is 3. The fraction of sp³-hybridized carbons (Fsp3) is 0. The van der Waals surface area contributed by atoms with Crippen LogP contribution in [0, 0.1) is 0 Å². The van der Waals surface area contributed by atoms with Crippen LogP contribution in [-0.4, -0.2) is 22.3 Å². The number of para-hydroxylation sites is 1. The molecule has 0 aliphatic heterocycles. The average Bonchev–Trinajstić information content (AvgIpc) is 2.45. The van der Waals surface area contributed by atoms with Crippen molar-refractivity contribution in [1.29, 1.82) is 0 Å². The van der Waals surface area contributed by atoms with Gasteiger partial charge in [-0.25, -0.2) is 5.43 Å². The fourth-order valence-electron chi connectivity index (χ4n) is 1.55. The number of hydrazone groups is 1. The highest BCUT2D eigenvalue weighted by molar-refractivity contribution is 9.11. The van der Waals surface area contributed by atoms with Crippen LogP contribution in [0.3, 0.4) is 0 Å². The van der Waals surface area contributed by atoms with Crippen molar-refractivity contribution in [2.45, 2.75) is 0 Å². The van der Waals surface area contributed by atoms with E-state index in [4.69, 9.17) is 0 Å². The summed E-state index contributed by atoms with van der Waals surface area (Å²) in [5, 5.41) is 22.9. The Labute approximate surface area is 137 Å². The highest BCUT2D eigenvalue weighted by atomic mass is 79.9. The van der Waals surface area contributed by atoms with Gasteiger partial charge in [0, 0.05) is 0 Å². The third-order valence-electron chi connectivity index (χ3n) is 2.57. The first-order chi connectivity index (χ1) is 9.99. The molecule has 108 valence electrons. The van der Waals surface area contributed by atoms with Gasteiger partial charge in [-0.2, -0.15) is 5.10 Å². The summed E-state index contributed by atoms with van der Waals surface area (Å²) in [6.45, 7) is 0. The van der Waals surface area contributed by atoms with Gasteiger partial charge in [0.15, 0.2) is 0 Å². The minimum atomic E-state index is -0.513. The third kappa shape index (κ3) is 3.83. The van der Waals surface area contributed by atoms with Gasteiger partial charge >= 0.3 is 0 Å². The molecule has 1 amide bonds. The summed E-state index contributed by atoms with van der Waals surface area (Å²) in [5.74, 6) is -0.535. The Morgan fingerprint density at radius 3 is 2.38 bits per heavy atom. The van der Waals surface area contributed by atoms with Gasteiger partial charge < -0.3 is 10.2 Å². The van der Waals surface area contributed by atoms with Crippen LogP contribution in [0.4, 0.5) is 0 Å². The van der Waals surface area contributed by atoms with Crippen LogP contribution in [0.1, 0.15) is 15.9 Å². The number of nitrogens with one attached hydrogen (secondary N) is 1. The third-order valence-corrected chi connectivity index (χ3v) is 3.78. The van der Waals surface area contributed by atoms with Crippen molar-refractivity contribution >= 4 is 44.0 Å². The van der Waals surface area contributed by atoms with Crippen LogP contribution in [0.25, 0.3) is 0 Å². The zero-order valence-electron chi connectivity index (χ0n) is 10.5. The highest BCUT2D eigenvalue weighted by Crippen LogP contribution is 2.32. The van der Waals surface area contributed by atoms with Crippen LogP contribution in [-0.2, 0) is 0 Å². The Morgan fingerprint density at radius 2 is 1.76 bits per heavy atom. The molecule has 0 heterocycles. The lowest BCUT2D eigenvalue weighted by atomic mass is 10.2. The number of rotatable bonds is 3. The van der Waals surface area contributed by atoms with Crippen molar-refractivity contribution in [1.82, 2.24) is 5.43 Å². The Bertz CT molecular complexity index is 694. The second-order valence-electron chi connectivity index (χ2n) is 4.05. The second-order valence-corrected chi connectivity index (χ2v) is 5.76. The van der Waals surface area contributed by atoms with Gasteiger partial charge in [0.25, 0.3) is 5.91 Å². The minimum absolute atomic E-state index is 0.0883. The van der Waals surface area contributed by atoms with Crippen molar-refractivity contribution in [3.05, 3.63) is 56.5 Å². The largest absolute Gasteiger partial charge is 0.507 e. The Hall–Kier alpha value is -1.86. The summed E-state index contributed by atoms with van der Waals surface area (Å²) in [7, 11) is 0. The molecule has 0 radical (unpaired) electrons. The Balaban J connectivity index is 2.10. The lowest BCUT2D eigenvalue weighted by Gasteiger charge is -2.03. The molecule has 0 saturated carbocycles. The summed E-state index contributed by atoms with van der Waals surface area (Å²) >= 11 is 6.40. The summed E-state index contributed by atoms with van der Waals surface area (Å²) in [5.41, 5.74) is 3.13. The van der Waals surface area contributed by atoms with Crippen molar-refractivity contribution in [2.75, 3.05) is 0 Å². The Kier molecular flexibility index (Phi) is 4.98. The lowest BCUT2D eigenvalue weighted by molar-refractivity contribution is 0.0952. The van der Waals surface area contributed by atoms with E-state index in [2.05, 4.69) is 42.4 Å². The predicted octanol–water partition coefficient (Wildman–Crippen LogP) is 3.39. The summed E-state index contributed by atoms with van der Waals surface area (Å²) in [4.78, 5) is 11.8. The van der Waals surface area contributed by atoms with Gasteiger partial charge in [-0.05, 0) is 61.7 Å². The molecule has 7 heteroatoms. The number of hydrogen-bond acceptors (Lipinski definition) is 4. The molecule has 5 nitrogen and oxygen atoms in total. The maximum absolute atomic E-state index is 11.8. The van der Waals surface area contributed by atoms with Gasteiger partial charge in [0.2, 0.25) is 0 Å². The standard InChI is InChI=1S/C14H10Br2N2O3/c15-10-5-8(6-11(16)13(10)20)7-17-18-14(21)9-3-1-2-4-12(9)19/h1-7,19-20H,(H,18,21). The Morgan fingerprint density at radius 1 is 1.14 bits per heavy atom. The maximum atomic E-state index is 11.8. The molecule has 21 heavy (non-hydrogen) atoms. The van der Waals surface area contributed by atoms with Crippen LogP contribution >= 0.6 is 31.9 Å². The number of nitrogens with zero attached hydrogens (tertiary/aromatic N) is 1. The first-order valence-corrected chi connectivity index (χ1v) is 7.37. The van der Waals surface area contributed by atoms with E-state index in [1.807, 2.05) is 0 Å². The maximum Gasteiger partial charge on any atom is 0.275 e. The molecule has 0 aliphatic rings. The molecule has 0 atom stereocenters. The number of phenolic OH excluding ortho intramolecular Hbond substituents is 2. The second kappa shape index (κ2) is 6.73. The molecular weight excluding hydrogens is 404 g/mol. The van der Waals surface area contributed by atoms with Crippen molar-refractivity contribution in [2.24, 2.45) is 5.10 Å². The monoisotopic (exact) mass is 412 g/mol. The molecule has 3 N–H and O–H groups in total. The number of aromatic hydroxyl groups is 2. The number of phenols is 2. The quantitative estimate of drug-likeness (QED) is 0.532. The molecule has 2 aromatic rings. The predicted molar refractivity (Wildman–Crippen MR) is 86.7 cm³/mol. The van der Waals surface area contributed by atoms with Crippen LogP contribution in [0.2, 0.25) is 0 Å². The summed E-state index contributed by atoms with van der Waals surface area (Å²) in [6, 6.07) is 9.49. The number of halogens is 2. The molecule has 0 aliphatic carbocycles. The fourth-order valence-corrected chi connectivity index (χ4v) is 2.77. The van der Waals surface area contributed by atoms with Crippen molar-refractivity contribution in [3.8, 4) is 11.5 Å². The van der Waals surface area contributed by atoms with Crippen LogP contribution in [0.15, 0.2) is 50.4 Å². The molecule has 0 spiro atoms. The van der Waals surface area contributed by atoms with Gasteiger partial charge in [-0.15, -0.1) is 0 Å². The molecular formula is C14H10Br2N2O3. The van der Waals surface area contributed by atoms with E-state index >= 15 is 0 Å². The van der Waals surface area contributed by atoms with E-state index in [0.717, 1.165) is 0 Å². The van der Waals surface area contributed by atoms with E-state index < -0.39 is 5.91 Å². The van der Waals surface area contributed by atoms with E-state index in [9.17, 15) is 15.0 Å². The highest BCUT2D eigenvalue weighted by Gasteiger charge is 2.09. The molecule has 0 unspecified atom stereocenters. The van der Waals surface area contributed by atoms with Gasteiger partial charge in [-0.3, -0.25) is 4.79 Å². The first-order valence-electron chi connectivity index (χ1n) is 5.78. The summed E-state index contributed by atoms with van der Waals surface area (Å²) < 4.78 is 1.01. The van der Waals surface area contributed by atoms with E-state index in [1.165, 1.54) is 18.3 Å². The van der Waals surface area contributed by atoms with Gasteiger partial charge in [0.05, 0.1) is 20.7 Å². The van der Waals surface area contributed by atoms with Crippen LogP contribution in [0.5, 0.6) is 11.5 Å². The van der Waals surface area contributed by atoms with Crippen molar-refractivity contribution < 1.29 is 15.0 Å². The zero-order valence-corrected chi connectivity index (χ0v) is 13.7. The number of amides is 1. The van der Waals surface area contributed by atoms with Gasteiger partial charge in [0.1, 0.15) is 11.5 Å². The number of carbonyl (C=O) groups excluding carboxylic acids is 1. The molecule has 0 aromatic heterocycles. The van der Waals surface area contributed by atoms with Crippen molar-refractivity contribution in [3.63, 3.8) is 0 Å². The SMILES string of the molecule is O=C(NN=Cc1cc(Br)c(O)c(Br)c1)c1ccccc1O. The van der Waals surface area contributed by atoms with E-state index in [-0.39, 0.29) is 17.1 Å². The minimum Gasteiger partial charge on any atom is -0.507 e. The zero-order chi connectivity index (χ0) is 15.4. The van der Waals surface area contributed by atoms with E-state index in [1.54, 1.807) is 24.3 Å². The topological polar surface area (TPSA) is 81.9 Å². The smallest absolute Gasteiger partial charge is 0.275 e. The lowest BCUT2D eigenvalue weighted by Crippen LogP contribution is -2.17. The normalized spacial score (nSPS) is 10.8. The van der Waals surface area contributed by atoms with E-state index in [0.29, 0.717) is 14.5 Å². The summed E-state index contributed by atoms with van der Waals surface area (Å²) in [6.07, 6.45) is 1.42. The molecule has 0 saturated heterocycles. The molecule has 0 bridgehead atoms. The molecule has 2 aromatic carbocycles.